The molecule has 0 aliphatic heterocycles. The number of aromatic nitrogens is 1. The number of rotatable bonds is 4. The lowest BCUT2D eigenvalue weighted by Crippen LogP contribution is -1.97. The van der Waals surface area contributed by atoms with Gasteiger partial charge in [0.2, 0.25) is 0 Å². The van der Waals surface area contributed by atoms with E-state index in [1.807, 2.05) is 24.3 Å². The highest BCUT2D eigenvalue weighted by Crippen LogP contribution is 2.26. The van der Waals surface area contributed by atoms with Crippen molar-refractivity contribution in [1.82, 2.24) is 4.37 Å². The molecule has 1 N–H and O–H groups in total. The van der Waals surface area contributed by atoms with Crippen molar-refractivity contribution in [2.45, 2.75) is 6.42 Å². The summed E-state index contributed by atoms with van der Waals surface area (Å²) in [5, 5.41) is 5.72. The van der Waals surface area contributed by atoms with Crippen LogP contribution >= 0.6 is 11.5 Å². The van der Waals surface area contributed by atoms with Crippen molar-refractivity contribution in [3.63, 3.8) is 0 Å². The Hall–Kier alpha value is -1.35. The molecule has 0 saturated heterocycles. The van der Waals surface area contributed by atoms with Gasteiger partial charge in [-0.05, 0) is 30.1 Å². The summed E-state index contributed by atoms with van der Waals surface area (Å²) in [6, 6.07) is 8.17. The largest absolute Gasteiger partial charge is 0.375 e. The molecule has 0 aliphatic rings. The van der Waals surface area contributed by atoms with Gasteiger partial charge in [0.25, 0.3) is 0 Å². The first-order chi connectivity index (χ1) is 6.92. The van der Waals surface area contributed by atoms with Crippen LogP contribution in [-0.4, -0.2) is 10.9 Å². The molecule has 14 heavy (non-hydrogen) atoms. The summed E-state index contributed by atoms with van der Waals surface area (Å²) in [6.45, 7) is 4.62. The minimum Gasteiger partial charge on any atom is -0.375 e. The van der Waals surface area contributed by atoms with Crippen LogP contribution in [0.1, 0.15) is 6.42 Å². The highest BCUT2D eigenvalue weighted by molar-refractivity contribution is 7.11. The molecule has 0 saturated carbocycles. The fourth-order valence-electron chi connectivity index (χ4n) is 1.30. The zero-order valence-corrected chi connectivity index (χ0v) is 8.68. The van der Waals surface area contributed by atoms with E-state index >= 15 is 0 Å². The van der Waals surface area contributed by atoms with E-state index < -0.39 is 0 Å². The summed E-state index contributed by atoms with van der Waals surface area (Å²) in [4.78, 5) is 0. The maximum absolute atomic E-state index is 4.35. The van der Waals surface area contributed by atoms with Crippen molar-refractivity contribution in [1.29, 1.82) is 0 Å². The van der Waals surface area contributed by atoms with E-state index in [4.69, 9.17) is 0 Å². The lowest BCUT2D eigenvalue weighted by Gasteiger charge is -1.99. The van der Waals surface area contributed by atoms with E-state index in [-0.39, 0.29) is 0 Å². The van der Waals surface area contributed by atoms with Crippen molar-refractivity contribution in [3.05, 3.63) is 36.9 Å². The van der Waals surface area contributed by atoms with Gasteiger partial charge in [-0.25, -0.2) is 0 Å². The average molecular weight is 204 g/mol. The van der Waals surface area contributed by atoms with Crippen LogP contribution in [0.3, 0.4) is 0 Å². The van der Waals surface area contributed by atoms with Crippen LogP contribution in [-0.2, 0) is 0 Å². The van der Waals surface area contributed by atoms with Crippen LogP contribution in [0.2, 0.25) is 0 Å². The second-order valence-electron chi connectivity index (χ2n) is 3.03. The summed E-state index contributed by atoms with van der Waals surface area (Å²) in [7, 11) is 0. The highest BCUT2D eigenvalue weighted by Gasteiger charge is 2.02. The Morgan fingerprint density at radius 1 is 1.43 bits per heavy atom. The fraction of sp³-hybridized carbons (Fsp3) is 0.182. The molecule has 1 aromatic carbocycles. The topological polar surface area (TPSA) is 24.9 Å². The molecule has 0 aliphatic carbocycles. The van der Waals surface area contributed by atoms with Crippen LogP contribution in [0.25, 0.3) is 10.9 Å². The first-order valence-electron chi connectivity index (χ1n) is 4.61. The van der Waals surface area contributed by atoms with Gasteiger partial charge in [0.05, 0.1) is 5.52 Å². The third-order valence-electron chi connectivity index (χ3n) is 2.02. The van der Waals surface area contributed by atoms with Gasteiger partial charge in [-0.1, -0.05) is 18.2 Å². The van der Waals surface area contributed by atoms with Crippen LogP contribution in [0.4, 0.5) is 5.00 Å². The summed E-state index contributed by atoms with van der Waals surface area (Å²) in [5.74, 6) is 0. The zero-order valence-electron chi connectivity index (χ0n) is 7.86. The molecule has 0 fully saturated rings. The summed E-state index contributed by atoms with van der Waals surface area (Å²) in [6.07, 6.45) is 2.89. The maximum Gasteiger partial charge on any atom is 0.117 e. The van der Waals surface area contributed by atoms with Crippen LogP contribution in [0.15, 0.2) is 36.9 Å². The van der Waals surface area contributed by atoms with Gasteiger partial charge in [-0.15, -0.1) is 6.58 Å². The second-order valence-corrected chi connectivity index (χ2v) is 3.81. The van der Waals surface area contributed by atoms with E-state index in [0.717, 1.165) is 23.5 Å². The molecule has 2 rings (SSSR count). The van der Waals surface area contributed by atoms with Gasteiger partial charge in [0, 0.05) is 11.9 Å². The van der Waals surface area contributed by atoms with Crippen LogP contribution in [0, 0.1) is 0 Å². The molecule has 0 radical (unpaired) electrons. The first-order valence-corrected chi connectivity index (χ1v) is 5.38. The molecule has 0 atom stereocenters. The molecule has 72 valence electrons. The van der Waals surface area contributed by atoms with E-state index in [1.54, 1.807) is 0 Å². The predicted octanol–water partition coefficient (Wildman–Crippen LogP) is 3.28. The molecule has 2 aromatic rings. The Kier molecular flexibility index (Phi) is 2.79. The number of nitrogens with zero attached hydrogens (tertiary/aromatic N) is 1. The van der Waals surface area contributed by atoms with Gasteiger partial charge in [-0.3, -0.25) is 0 Å². The first kappa shape index (κ1) is 9.21. The molecule has 0 bridgehead atoms. The summed E-state index contributed by atoms with van der Waals surface area (Å²) in [5.41, 5.74) is 1.07. The number of hydrogen-bond acceptors (Lipinski definition) is 3. The van der Waals surface area contributed by atoms with Gasteiger partial charge in [0.15, 0.2) is 0 Å². The lowest BCUT2D eigenvalue weighted by molar-refractivity contribution is 1.08. The van der Waals surface area contributed by atoms with Gasteiger partial charge < -0.3 is 5.32 Å². The molecule has 0 unspecified atom stereocenters. The van der Waals surface area contributed by atoms with Gasteiger partial charge >= 0.3 is 0 Å². The molecule has 1 aromatic heterocycles. The molecule has 1 heterocycles. The normalized spacial score (nSPS) is 10.3. The third kappa shape index (κ3) is 1.77. The highest BCUT2D eigenvalue weighted by atomic mass is 32.1. The van der Waals surface area contributed by atoms with Gasteiger partial charge in [0.1, 0.15) is 5.00 Å². The van der Waals surface area contributed by atoms with E-state index in [0.29, 0.717) is 0 Å². The fourth-order valence-corrected chi connectivity index (χ4v) is 2.09. The van der Waals surface area contributed by atoms with Crippen molar-refractivity contribution >= 4 is 27.4 Å². The average Bonchev–Trinajstić information content (AvgIpc) is 2.63. The van der Waals surface area contributed by atoms with Crippen molar-refractivity contribution in [3.8, 4) is 0 Å². The quantitative estimate of drug-likeness (QED) is 0.610. The molecule has 0 spiro atoms. The Balaban J connectivity index is 2.20. The van der Waals surface area contributed by atoms with Crippen molar-refractivity contribution in [2.75, 3.05) is 11.9 Å². The minimum absolute atomic E-state index is 0.926. The Bertz CT molecular complexity index is 434. The number of benzene rings is 1. The molecular weight excluding hydrogens is 192 g/mol. The summed E-state index contributed by atoms with van der Waals surface area (Å²) < 4.78 is 4.35. The minimum atomic E-state index is 0.926. The van der Waals surface area contributed by atoms with Crippen molar-refractivity contribution in [2.24, 2.45) is 0 Å². The Labute approximate surface area is 87.4 Å². The second kappa shape index (κ2) is 4.24. The monoisotopic (exact) mass is 204 g/mol. The molecule has 2 nitrogen and oxygen atoms in total. The summed E-state index contributed by atoms with van der Waals surface area (Å²) >= 11 is 1.52. The van der Waals surface area contributed by atoms with E-state index in [1.165, 1.54) is 16.9 Å². The number of fused-ring (bicyclic) bond motifs is 1. The van der Waals surface area contributed by atoms with E-state index in [2.05, 4.69) is 22.3 Å². The van der Waals surface area contributed by atoms with E-state index in [9.17, 15) is 0 Å². The Morgan fingerprint density at radius 3 is 3.14 bits per heavy atom. The predicted molar refractivity (Wildman–Crippen MR) is 62.9 cm³/mol. The van der Waals surface area contributed by atoms with Crippen LogP contribution < -0.4 is 5.32 Å². The molecule has 0 amide bonds. The standard InChI is InChI=1S/C11H12N2S/c1-2-3-8-12-11-9-6-4-5-7-10(9)13-14-11/h2,4-7,12H,1,3,8H2. The Morgan fingerprint density at radius 2 is 2.29 bits per heavy atom. The molecular formula is C11H12N2S. The molecule has 3 heteroatoms. The smallest absolute Gasteiger partial charge is 0.117 e. The number of nitrogens with one attached hydrogen (secondary N) is 1. The number of anilines is 1. The third-order valence-corrected chi connectivity index (χ3v) is 2.85. The SMILES string of the molecule is C=CCCNc1snc2ccccc12. The van der Waals surface area contributed by atoms with Crippen molar-refractivity contribution < 1.29 is 0 Å². The van der Waals surface area contributed by atoms with Crippen LogP contribution in [0.5, 0.6) is 0 Å². The maximum atomic E-state index is 4.35. The van der Waals surface area contributed by atoms with Gasteiger partial charge in [-0.2, -0.15) is 4.37 Å². The lowest BCUT2D eigenvalue weighted by atomic mass is 10.2. The zero-order chi connectivity index (χ0) is 9.80. The number of hydrogen-bond donors (Lipinski definition) is 1.